The van der Waals surface area contributed by atoms with Crippen LogP contribution in [-0.2, 0) is 16.2 Å². The Balaban J connectivity index is 1.22. The Morgan fingerprint density at radius 2 is 1.22 bits per heavy atom. The Bertz CT molecular complexity index is 2650. The fraction of sp³-hybridized carbons (Fsp3) is 0.245. The van der Waals surface area contributed by atoms with E-state index in [1.807, 2.05) is 51.8 Å². The van der Waals surface area contributed by atoms with Gasteiger partial charge in [-0.2, -0.15) is 4.68 Å². The summed E-state index contributed by atoms with van der Waals surface area (Å²) in [4.78, 5) is 4.85. The van der Waals surface area contributed by atoms with Gasteiger partial charge in [-0.1, -0.05) is 141 Å². The Kier molecular flexibility index (Phi) is 8.76. The van der Waals surface area contributed by atoms with E-state index in [1.54, 1.807) is 0 Å². The number of pyridine rings is 1. The van der Waals surface area contributed by atoms with Crippen molar-refractivity contribution in [2.24, 2.45) is 0 Å². The van der Waals surface area contributed by atoms with E-state index in [1.165, 1.54) is 22.1 Å². The number of benzene rings is 5. The SMILES string of the molecule is CC(C)(C)c1cc(-[n+]2[c-]n(-c3cccc(Oc4ccc5c6ccccc6n(-c6cc(C(C)(C)C)ccn6)c5c4)c3)c(-c3ccccc3)n2)cc(C(C)(C)C)c1. The molecule has 0 saturated carbocycles. The number of fused-ring (bicyclic) bond motifs is 3. The van der Waals surface area contributed by atoms with E-state index in [-0.39, 0.29) is 16.2 Å². The van der Waals surface area contributed by atoms with Crippen molar-refractivity contribution < 1.29 is 9.42 Å². The molecule has 0 radical (unpaired) electrons. The summed E-state index contributed by atoms with van der Waals surface area (Å²) in [6.45, 7) is 20.2. The van der Waals surface area contributed by atoms with Gasteiger partial charge in [0.2, 0.25) is 0 Å². The molecule has 0 fully saturated rings. The minimum absolute atomic E-state index is 0.00607. The fourth-order valence-electron chi connectivity index (χ4n) is 7.06. The molecular formula is C49H49N5O. The second-order valence-electron chi connectivity index (χ2n) is 17.6. The molecule has 0 aliphatic heterocycles. The first-order valence-corrected chi connectivity index (χ1v) is 19.1. The van der Waals surface area contributed by atoms with Gasteiger partial charge in [0.15, 0.2) is 5.82 Å². The Hall–Kier alpha value is -6.01. The predicted molar refractivity (Wildman–Crippen MR) is 224 cm³/mol. The van der Waals surface area contributed by atoms with Crippen LogP contribution >= 0.6 is 0 Å². The van der Waals surface area contributed by atoms with Crippen molar-refractivity contribution in [1.82, 2.24) is 19.2 Å². The molecule has 0 N–H and O–H groups in total. The van der Waals surface area contributed by atoms with Crippen molar-refractivity contribution in [2.45, 2.75) is 78.6 Å². The molecule has 8 aromatic rings. The van der Waals surface area contributed by atoms with Crippen molar-refractivity contribution in [3.8, 4) is 40.1 Å². The molecule has 0 bridgehead atoms. The normalized spacial score (nSPS) is 12.5. The average Bonchev–Trinajstić information content (AvgIpc) is 3.74. The van der Waals surface area contributed by atoms with Crippen LogP contribution in [0.25, 0.3) is 50.4 Å². The highest BCUT2D eigenvalue weighted by Crippen LogP contribution is 2.37. The number of hydrogen-bond acceptors (Lipinski definition) is 3. The lowest BCUT2D eigenvalue weighted by molar-refractivity contribution is -0.660. The zero-order valence-electron chi connectivity index (χ0n) is 33.3. The van der Waals surface area contributed by atoms with E-state index >= 15 is 0 Å². The van der Waals surface area contributed by atoms with E-state index < -0.39 is 0 Å². The van der Waals surface area contributed by atoms with Gasteiger partial charge in [0.1, 0.15) is 17.3 Å². The number of hydrogen-bond donors (Lipinski definition) is 0. The molecule has 8 rings (SSSR count). The molecule has 3 aromatic heterocycles. The van der Waals surface area contributed by atoms with Crippen molar-refractivity contribution in [2.75, 3.05) is 0 Å². The Morgan fingerprint density at radius 1 is 0.564 bits per heavy atom. The molecule has 0 aliphatic carbocycles. The zero-order chi connectivity index (χ0) is 38.7. The second kappa shape index (κ2) is 13.4. The molecule has 276 valence electrons. The van der Waals surface area contributed by atoms with Gasteiger partial charge in [0.05, 0.1) is 22.4 Å². The van der Waals surface area contributed by atoms with Crippen LogP contribution in [0.4, 0.5) is 0 Å². The van der Waals surface area contributed by atoms with Gasteiger partial charge in [0, 0.05) is 28.6 Å². The van der Waals surface area contributed by atoms with Gasteiger partial charge >= 0.3 is 0 Å². The van der Waals surface area contributed by atoms with E-state index in [0.717, 1.165) is 50.7 Å². The topological polar surface area (TPSA) is 48.8 Å². The van der Waals surface area contributed by atoms with Gasteiger partial charge in [-0.15, -0.1) is 5.10 Å². The third-order valence-corrected chi connectivity index (χ3v) is 10.3. The third kappa shape index (κ3) is 7.05. The molecular weight excluding hydrogens is 675 g/mol. The average molecular weight is 724 g/mol. The molecule has 0 amide bonds. The smallest absolute Gasteiger partial charge is 0.273 e. The lowest BCUT2D eigenvalue weighted by Gasteiger charge is -2.26. The van der Waals surface area contributed by atoms with Crippen molar-refractivity contribution in [1.29, 1.82) is 0 Å². The quantitative estimate of drug-likeness (QED) is 0.127. The molecule has 0 spiro atoms. The van der Waals surface area contributed by atoms with Gasteiger partial charge in [-0.3, -0.25) is 9.13 Å². The Labute approximate surface area is 324 Å². The highest BCUT2D eigenvalue weighted by molar-refractivity contribution is 6.09. The van der Waals surface area contributed by atoms with Crippen LogP contribution in [0, 0.1) is 6.33 Å². The number of rotatable bonds is 6. The van der Waals surface area contributed by atoms with Gasteiger partial charge in [-0.25, -0.2) is 4.98 Å². The van der Waals surface area contributed by atoms with Crippen molar-refractivity contribution in [3.05, 3.63) is 157 Å². The van der Waals surface area contributed by atoms with Gasteiger partial charge in [0.25, 0.3) is 6.33 Å². The molecule has 0 atom stereocenters. The number of ether oxygens (including phenoxy) is 1. The molecule has 3 heterocycles. The standard InChI is InChI=1S/C49H49N5O/c1-47(2,3)34-24-25-50-45(29-34)54-43-21-14-13-20-41(43)42-23-22-40(31-44(42)54)55-39-19-15-18-37(30-39)52-32-53(51-46(52)33-16-11-10-12-17-33)38-27-35(48(4,5)6)26-36(28-38)49(7,8)9/h10-31H,1-9H3. The summed E-state index contributed by atoms with van der Waals surface area (Å²) < 4.78 is 12.8. The monoisotopic (exact) mass is 723 g/mol. The molecule has 6 nitrogen and oxygen atoms in total. The first-order valence-electron chi connectivity index (χ1n) is 19.1. The van der Waals surface area contributed by atoms with Crippen LogP contribution in [-0.4, -0.2) is 19.2 Å². The minimum atomic E-state index is -0.0303. The summed E-state index contributed by atoms with van der Waals surface area (Å²) in [6, 6.07) is 44.4. The number of para-hydroxylation sites is 1. The lowest BCUT2D eigenvalue weighted by atomic mass is 9.80. The lowest BCUT2D eigenvalue weighted by Crippen LogP contribution is -2.34. The highest BCUT2D eigenvalue weighted by atomic mass is 16.5. The summed E-state index contributed by atoms with van der Waals surface area (Å²) in [5.74, 6) is 3.12. The van der Waals surface area contributed by atoms with E-state index in [0.29, 0.717) is 5.75 Å². The highest BCUT2D eigenvalue weighted by Gasteiger charge is 2.23. The minimum Gasteiger partial charge on any atom is -0.458 e. The fourth-order valence-corrected chi connectivity index (χ4v) is 7.06. The van der Waals surface area contributed by atoms with Crippen LogP contribution in [0.5, 0.6) is 11.5 Å². The largest absolute Gasteiger partial charge is 0.458 e. The van der Waals surface area contributed by atoms with Crippen LogP contribution in [0.2, 0.25) is 0 Å². The predicted octanol–water partition coefficient (Wildman–Crippen LogP) is 11.8. The number of aromatic nitrogens is 5. The maximum Gasteiger partial charge on any atom is 0.273 e. The maximum absolute atomic E-state index is 6.67. The molecule has 6 heteroatoms. The third-order valence-electron chi connectivity index (χ3n) is 10.3. The molecule has 0 unspecified atom stereocenters. The molecule has 0 saturated heterocycles. The van der Waals surface area contributed by atoms with Crippen molar-refractivity contribution >= 4 is 21.8 Å². The summed E-state index contributed by atoms with van der Waals surface area (Å²) in [5, 5.41) is 7.50. The van der Waals surface area contributed by atoms with Crippen LogP contribution < -0.4 is 9.42 Å². The second-order valence-corrected chi connectivity index (χ2v) is 17.6. The summed E-state index contributed by atoms with van der Waals surface area (Å²) in [5.41, 5.74) is 8.70. The summed E-state index contributed by atoms with van der Waals surface area (Å²) >= 11 is 0. The number of nitrogens with zero attached hydrogens (tertiary/aromatic N) is 5. The van der Waals surface area contributed by atoms with Crippen molar-refractivity contribution in [3.63, 3.8) is 0 Å². The van der Waals surface area contributed by atoms with Crippen LogP contribution in [0.1, 0.15) is 79.0 Å². The molecule has 55 heavy (non-hydrogen) atoms. The summed E-state index contributed by atoms with van der Waals surface area (Å²) in [7, 11) is 0. The van der Waals surface area contributed by atoms with Gasteiger partial charge < -0.3 is 4.74 Å². The van der Waals surface area contributed by atoms with E-state index in [4.69, 9.17) is 14.8 Å². The summed E-state index contributed by atoms with van der Waals surface area (Å²) in [6.07, 6.45) is 5.51. The first-order chi connectivity index (χ1) is 26.1. The van der Waals surface area contributed by atoms with Crippen LogP contribution in [0.15, 0.2) is 134 Å². The van der Waals surface area contributed by atoms with E-state index in [9.17, 15) is 0 Å². The first kappa shape index (κ1) is 36.0. The maximum atomic E-state index is 6.67. The molecule has 0 aliphatic rings. The Morgan fingerprint density at radius 3 is 1.93 bits per heavy atom. The van der Waals surface area contributed by atoms with Gasteiger partial charge in [-0.05, 0) is 75.4 Å². The van der Waals surface area contributed by atoms with E-state index in [2.05, 4.69) is 164 Å². The van der Waals surface area contributed by atoms with Crippen LogP contribution in [0.3, 0.4) is 0 Å². The molecule has 5 aromatic carbocycles. The zero-order valence-corrected chi connectivity index (χ0v) is 33.3.